The summed E-state index contributed by atoms with van der Waals surface area (Å²) < 4.78 is 6.02. The topological polar surface area (TPSA) is 88.5 Å². The summed E-state index contributed by atoms with van der Waals surface area (Å²) in [4.78, 5) is 28.4. The normalized spacial score (nSPS) is 18.3. The van der Waals surface area contributed by atoms with Crippen LogP contribution in [0.5, 0.6) is 5.75 Å². The van der Waals surface area contributed by atoms with Gasteiger partial charge in [-0.1, -0.05) is 18.2 Å². The Bertz CT molecular complexity index is 1060. The molecule has 7 heteroatoms. The lowest BCUT2D eigenvalue weighted by atomic mass is 9.99. The Morgan fingerprint density at radius 1 is 1.24 bits per heavy atom. The van der Waals surface area contributed by atoms with Gasteiger partial charge in [-0.05, 0) is 24.1 Å². The van der Waals surface area contributed by atoms with Gasteiger partial charge < -0.3 is 9.72 Å². The standard InChI is InChI=1S/C18H13N3O4/c22-17-13-6-5-10(21(23)24)9-15(13)25-18-16-12(7-8-20(17)18)11-3-1-2-4-14(11)19-16/h1-6,9,18-19H,7-8H2. The van der Waals surface area contributed by atoms with Gasteiger partial charge in [0.2, 0.25) is 6.23 Å². The van der Waals surface area contributed by atoms with Gasteiger partial charge >= 0.3 is 0 Å². The van der Waals surface area contributed by atoms with Crippen molar-refractivity contribution < 1.29 is 14.5 Å². The quantitative estimate of drug-likeness (QED) is 0.546. The zero-order chi connectivity index (χ0) is 17.1. The minimum atomic E-state index is -0.585. The number of ether oxygens (including phenoxy) is 1. The highest BCUT2D eigenvalue weighted by atomic mass is 16.6. The van der Waals surface area contributed by atoms with Crippen LogP contribution in [0.15, 0.2) is 42.5 Å². The number of hydrogen-bond acceptors (Lipinski definition) is 4. The molecule has 25 heavy (non-hydrogen) atoms. The number of benzene rings is 2. The average molecular weight is 335 g/mol. The molecule has 7 nitrogen and oxygen atoms in total. The molecule has 1 aromatic heterocycles. The monoisotopic (exact) mass is 335 g/mol. The second kappa shape index (κ2) is 4.83. The van der Waals surface area contributed by atoms with Gasteiger partial charge in [0.25, 0.3) is 11.6 Å². The van der Waals surface area contributed by atoms with Gasteiger partial charge in [-0.3, -0.25) is 19.8 Å². The number of aromatic nitrogens is 1. The largest absolute Gasteiger partial charge is 0.463 e. The van der Waals surface area contributed by atoms with E-state index in [0.29, 0.717) is 12.1 Å². The number of nitro benzene ring substituents is 1. The lowest BCUT2D eigenvalue weighted by Gasteiger charge is -2.39. The number of fused-ring (bicyclic) bond motifs is 6. The maximum Gasteiger partial charge on any atom is 0.273 e. The lowest BCUT2D eigenvalue weighted by molar-refractivity contribution is -0.385. The molecule has 0 fully saturated rings. The minimum Gasteiger partial charge on any atom is -0.463 e. The fourth-order valence-electron chi connectivity index (χ4n) is 3.71. The van der Waals surface area contributed by atoms with Gasteiger partial charge in [0.05, 0.1) is 22.2 Å². The second-order valence-corrected chi connectivity index (χ2v) is 6.22. The van der Waals surface area contributed by atoms with E-state index in [9.17, 15) is 14.9 Å². The van der Waals surface area contributed by atoms with Crippen LogP contribution < -0.4 is 4.74 Å². The number of carbonyl (C=O) groups is 1. The Labute approximate surface area is 142 Å². The highest BCUT2D eigenvalue weighted by Gasteiger charge is 2.40. The van der Waals surface area contributed by atoms with Crippen LogP contribution in [-0.2, 0) is 6.42 Å². The number of nitrogens with one attached hydrogen (secondary N) is 1. The number of H-pyrrole nitrogens is 1. The summed E-state index contributed by atoms with van der Waals surface area (Å²) >= 11 is 0. The van der Waals surface area contributed by atoms with E-state index in [-0.39, 0.29) is 17.3 Å². The smallest absolute Gasteiger partial charge is 0.273 e. The number of hydrogen-bond donors (Lipinski definition) is 1. The van der Waals surface area contributed by atoms with E-state index < -0.39 is 11.2 Å². The number of carbonyl (C=O) groups excluding carboxylic acids is 1. The fraction of sp³-hybridized carbons (Fsp3) is 0.167. The number of aromatic amines is 1. The van der Waals surface area contributed by atoms with Gasteiger partial charge in [-0.15, -0.1) is 0 Å². The molecule has 3 heterocycles. The highest BCUT2D eigenvalue weighted by Crippen LogP contribution is 2.41. The summed E-state index contributed by atoms with van der Waals surface area (Å²) in [7, 11) is 0. The Morgan fingerprint density at radius 2 is 2.08 bits per heavy atom. The predicted molar refractivity (Wildman–Crippen MR) is 89.5 cm³/mol. The molecule has 0 aliphatic carbocycles. The molecular formula is C18H13N3O4. The van der Waals surface area contributed by atoms with E-state index in [1.54, 1.807) is 4.90 Å². The second-order valence-electron chi connectivity index (χ2n) is 6.22. The summed E-state index contributed by atoms with van der Waals surface area (Å²) in [5.41, 5.74) is 3.25. The van der Waals surface area contributed by atoms with Gasteiger partial charge in [0, 0.05) is 23.5 Å². The summed E-state index contributed by atoms with van der Waals surface area (Å²) in [6.07, 6.45) is 0.158. The highest BCUT2D eigenvalue weighted by molar-refractivity contribution is 5.99. The van der Waals surface area contributed by atoms with Crippen molar-refractivity contribution in [2.75, 3.05) is 6.54 Å². The summed E-state index contributed by atoms with van der Waals surface area (Å²) in [6.45, 7) is 0.550. The first-order valence-corrected chi connectivity index (χ1v) is 7.99. The molecule has 2 aromatic carbocycles. The Kier molecular flexibility index (Phi) is 2.71. The molecule has 1 amide bonds. The van der Waals surface area contributed by atoms with Crippen LogP contribution in [0.4, 0.5) is 5.69 Å². The molecule has 0 saturated heterocycles. The van der Waals surface area contributed by atoms with Crippen molar-refractivity contribution in [2.45, 2.75) is 12.6 Å². The summed E-state index contributed by atoms with van der Waals surface area (Å²) in [5.74, 6) is 0.0948. The van der Waals surface area contributed by atoms with Crippen molar-refractivity contribution in [3.63, 3.8) is 0 Å². The van der Waals surface area contributed by atoms with E-state index in [4.69, 9.17) is 4.74 Å². The number of amides is 1. The molecule has 5 rings (SSSR count). The molecule has 3 aromatic rings. The first-order valence-electron chi connectivity index (χ1n) is 7.99. The number of para-hydroxylation sites is 1. The van der Waals surface area contributed by atoms with Crippen LogP contribution in [0.25, 0.3) is 10.9 Å². The van der Waals surface area contributed by atoms with Crippen molar-refractivity contribution in [1.82, 2.24) is 9.88 Å². The van der Waals surface area contributed by atoms with E-state index >= 15 is 0 Å². The van der Waals surface area contributed by atoms with Gasteiger partial charge in [0.15, 0.2) is 0 Å². The van der Waals surface area contributed by atoms with E-state index in [2.05, 4.69) is 4.98 Å². The molecule has 2 aliphatic rings. The molecule has 124 valence electrons. The number of nitrogens with zero attached hydrogens (tertiary/aromatic N) is 2. The molecule has 0 radical (unpaired) electrons. The molecule has 0 bridgehead atoms. The van der Waals surface area contributed by atoms with Gasteiger partial charge in [0.1, 0.15) is 5.75 Å². The molecule has 1 atom stereocenters. The summed E-state index contributed by atoms with van der Waals surface area (Å²) in [6, 6.07) is 12.1. The van der Waals surface area contributed by atoms with E-state index in [0.717, 1.165) is 28.6 Å². The maximum atomic E-state index is 12.8. The van der Waals surface area contributed by atoms with Crippen LogP contribution in [-0.4, -0.2) is 27.3 Å². The van der Waals surface area contributed by atoms with Crippen LogP contribution >= 0.6 is 0 Å². The average Bonchev–Trinajstić information content (AvgIpc) is 3.00. The van der Waals surface area contributed by atoms with Crippen LogP contribution in [0.2, 0.25) is 0 Å². The minimum absolute atomic E-state index is 0.0901. The number of rotatable bonds is 1. The molecule has 1 N–H and O–H groups in total. The van der Waals surface area contributed by atoms with Gasteiger partial charge in [-0.2, -0.15) is 0 Å². The van der Waals surface area contributed by atoms with E-state index in [1.807, 2.05) is 24.3 Å². The van der Waals surface area contributed by atoms with Crippen molar-refractivity contribution in [1.29, 1.82) is 0 Å². The maximum absolute atomic E-state index is 12.8. The van der Waals surface area contributed by atoms with Gasteiger partial charge in [-0.25, -0.2) is 0 Å². The number of nitro groups is 1. The van der Waals surface area contributed by atoms with Crippen LogP contribution in [0.3, 0.4) is 0 Å². The van der Waals surface area contributed by atoms with E-state index in [1.165, 1.54) is 18.2 Å². The van der Waals surface area contributed by atoms with Crippen molar-refractivity contribution in [3.8, 4) is 5.75 Å². The SMILES string of the molecule is O=C1c2ccc([N+](=O)[O-])cc2OC2c3[nH]c4ccccc4c3CCN12. The zero-order valence-corrected chi connectivity index (χ0v) is 13.1. The Hall–Kier alpha value is -3.35. The first-order chi connectivity index (χ1) is 12.1. The molecule has 0 spiro atoms. The van der Waals surface area contributed by atoms with Crippen LogP contribution in [0.1, 0.15) is 27.8 Å². The third kappa shape index (κ3) is 1.89. The number of non-ortho nitro benzene ring substituents is 1. The lowest BCUT2D eigenvalue weighted by Crippen LogP contribution is -2.45. The molecule has 2 aliphatic heterocycles. The third-order valence-corrected chi connectivity index (χ3v) is 4.89. The Balaban J connectivity index is 1.66. The predicted octanol–water partition coefficient (Wildman–Crippen LogP) is 3.17. The fourth-order valence-corrected chi connectivity index (χ4v) is 3.71. The third-order valence-electron chi connectivity index (χ3n) is 4.89. The zero-order valence-electron chi connectivity index (χ0n) is 13.1. The summed E-state index contributed by atoms with van der Waals surface area (Å²) in [5, 5.41) is 12.1. The van der Waals surface area contributed by atoms with Crippen molar-refractivity contribution in [2.24, 2.45) is 0 Å². The molecular weight excluding hydrogens is 322 g/mol. The molecule has 0 saturated carbocycles. The first kappa shape index (κ1) is 14.0. The van der Waals surface area contributed by atoms with Crippen molar-refractivity contribution in [3.05, 3.63) is 69.4 Å². The van der Waals surface area contributed by atoms with Crippen molar-refractivity contribution >= 4 is 22.5 Å². The Morgan fingerprint density at radius 3 is 2.92 bits per heavy atom. The van der Waals surface area contributed by atoms with Crippen LogP contribution in [0, 0.1) is 10.1 Å². The molecule has 1 unspecified atom stereocenters.